The molecule has 4 heteroatoms. The van der Waals surface area contributed by atoms with E-state index in [0.29, 0.717) is 0 Å². The molecule has 1 saturated carbocycles. The second kappa shape index (κ2) is 13.8. The van der Waals surface area contributed by atoms with E-state index in [0.717, 1.165) is 0 Å². The molecule has 0 radical (unpaired) electrons. The highest BCUT2D eigenvalue weighted by molar-refractivity contribution is 7.00. The van der Waals surface area contributed by atoms with E-state index in [1.54, 1.807) is 0 Å². The summed E-state index contributed by atoms with van der Waals surface area (Å²) >= 11 is 0. The van der Waals surface area contributed by atoms with E-state index in [2.05, 4.69) is 230 Å². The number of hydrogen-bond donors (Lipinski definition) is 0. The zero-order valence-electron chi connectivity index (χ0n) is 41.0. The fraction of sp³-hybridized carbons (Fsp3) is 0.323. The number of anilines is 8. The lowest BCUT2D eigenvalue weighted by atomic mass is 9.33. The third kappa shape index (κ3) is 5.63. The highest BCUT2D eigenvalue weighted by Crippen LogP contribution is 2.61. The number of nitrogens with zero attached hydrogens (tertiary/aromatic N) is 3. The minimum atomic E-state index is -0.0634. The average Bonchev–Trinajstić information content (AvgIpc) is 3.64. The van der Waals surface area contributed by atoms with Crippen molar-refractivity contribution < 1.29 is 0 Å². The Kier molecular flexibility index (Phi) is 8.65. The molecule has 3 aliphatic heterocycles. The van der Waals surface area contributed by atoms with Gasteiger partial charge in [0.15, 0.2) is 0 Å². The normalized spacial score (nSPS) is 20.8. The van der Waals surface area contributed by atoms with Gasteiger partial charge in [0.05, 0.1) is 5.54 Å². The molecule has 7 aromatic rings. The predicted molar refractivity (Wildman–Crippen MR) is 283 cm³/mol. The van der Waals surface area contributed by atoms with Crippen molar-refractivity contribution >= 4 is 68.6 Å². The van der Waals surface area contributed by atoms with Gasteiger partial charge in [-0.05, 0) is 159 Å². The maximum atomic E-state index is 2.75. The summed E-state index contributed by atoms with van der Waals surface area (Å²) in [5, 5.41) is 0. The lowest BCUT2D eigenvalue weighted by Gasteiger charge is -2.50. The van der Waals surface area contributed by atoms with Crippen LogP contribution in [-0.2, 0) is 21.7 Å². The van der Waals surface area contributed by atoms with Crippen LogP contribution in [0.1, 0.15) is 128 Å². The van der Waals surface area contributed by atoms with E-state index in [-0.39, 0.29) is 33.9 Å². The molecule has 66 heavy (non-hydrogen) atoms. The molecule has 7 aromatic carbocycles. The lowest BCUT2D eigenvalue weighted by molar-refractivity contribution is 0.195. The van der Waals surface area contributed by atoms with Crippen molar-refractivity contribution in [1.82, 2.24) is 0 Å². The Morgan fingerprint density at radius 3 is 1.79 bits per heavy atom. The predicted octanol–water partition coefficient (Wildman–Crippen LogP) is 14.7. The van der Waals surface area contributed by atoms with Crippen LogP contribution in [0, 0.1) is 6.92 Å². The minimum absolute atomic E-state index is 0.00835. The molecule has 3 heterocycles. The number of fused-ring (bicyclic) bond motifs is 10. The first-order chi connectivity index (χ1) is 31.4. The van der Waals surface area contributed by atoms with Crippen LogP contribution in [0.3, 0.4) is 0 Å². The second-order valence-corrected chi connectivity index (χ2v) is 23.5. The number of aryl methyl sites for hydroxylation is 1. The maximum Gasteiger partial charge on any atom is 0.252 e. The van der Waals surface area contributed by atoms with E-state index >= 15 is 0 Å². The summed E-state index contributed by atoms with van der Waals surface area (Å²) in [5.74, 6) is 0. The van der Waals surface area contributed by atoms with E-state index in [1.807, 2.05) is 0 Å². The molecule has 0 aromatic heterocycles. The fourth-order valence-corrected chi connectivity index (χ4v) is 13.3. The van der Waals surface area contributed by atoms with Crippen molar-refractivity contribution in [2.24, 2.45) is 0 Å². The molecule has 0 amide bonds. The van der Waals surface area contributed by atoms with E-state index in [4.69, 9.17) is 0 Å². The van der Waals surface area contributed by atoms with E-state index in [9.17, 15) is 0 Å². The highest BCUT2D eigenvalue weighted by atomic mass is 15.3. The number of benzene rings is 7. The second-order valence-electron chi connectivity index (χ2n) is 23.5. The van der Waals surface area contributed by atoms with Gasteiger partial charge in [-0.3, -0.25) is 0 Å². The molecule has 0 spiro atoms. The van der Waals surface area contributed by atoms with E-state index < -0.39 is 0 Å². The summed E-state index contributed by atoms with van der Waals surface area (Å²) in [7, 11) is 0. The summed E-state index contributed by atoms with van der Waals surface area (Å²) in [5.41, 5.74) is 25.1. The van der Waals surface area contributed by atoms with Crippen LogP contribution in [0.2, 0.25) is 0 Å². The van der Waals surface area contributed by atoms with Crippen molar-refractivity contribution in [2.45, 2.75) is 129 Å². The zero-order valence-corrected chi connectivity index (χ0v) is 41.0. The molecule has 2 atom stereocenters. The smallest absolute Gasteiger partial charge is 0.252 e. The van der Waals surface area contributed by atoms with Gasteiger partial charge in [-0.1, -0.05) is 154 Å². The maximum absolute atomic E-state index is 2.75. The van der Waals surface area contributed by atoms with Gasteiger partial charge in [-0.2, -0.15) is 0 Å². The number of hydrogen-bond acceptors (Lipinski definition) is 3. The van der Waals surface area contributed by atoms with Crippen LogP contribution in [0.15, 0.2) is 140 Å². The molecule has 0 N–H and O–H groups in total. The van der Waals surface area contributed by atoms with Gasteiger partial charge in [0.2, 0.25) is 0 Å². The molecule has 3 nitrogen and oxygen atoms in total. The molecule has 2 unspecified atom stereocenters. The van der Waals surface area contributed by atoms with Crippen LogP contribution in [-0.4, -0.2) is 12.3 Å². The molecule has 0 bridgehead atoms. The molecular formula is C62H64BN3. The lowest BCUT2D eigenvalue weighted by Crippen LogP contribution is -2.61. The Balaban J connectivity index is 1.14. The van der Waals surface area contributed by atoms with Crippen LogP contribution in [0.4, 0.5) is 45.5 Å². The molecule has 0 saturated heterocycles. The van der Waals surface area contributed by atoms with Gasteiger partial charge in [-0.15, -0.1) is 0 Å². The average molecular weight is 862 g/mol. The van der Waals surface area contributed by atoms with Crippen LogP contribution in [0.25, 0.3) is 11.1 Å². The summed E-state index contributed by atoms with van der Waals surface area (Å²) in [4.78, 5) is 8.01. The highest BCUT2D eigenvalue weighted by Gasteiger charge is 2.58. The minimum Gasteiger partial charge on any atom is -0.334 e. The summed E-state index contributed by atoms with van der Waals surface area (Å²) < 4.78 is 0. The molecule has 1 fully saturated rings. The Morgan fingerprint density at radius 2 is 1.06 bits per heavy atom. The van der Waals surface area contributed by atoms with E-state index in [1.165, 1.54) is 132 Å². The molecule has 330 valence electrons. The molecule has 12 rings (SSSR count). The largest absolute Gasteiger partial charge is 0.334 e. The third-order valence-corrected chi connectivity index (χ3v) is 17.1. The number of rotatable bonds is 3. The molecular weight excluding hydrogens is 798 g/mol. The molecule has 2 aliphatic carbocycles. The first kappa shape index (κ1) is 41.4. The van der Waals surface area contributed by atoms with Gasteiger partial charge in [-0.25, -0.2) is 0 Å². The van der Waals surface area contributed by atoms with Gasteiger partial charge < -0.3 is 14.7 Å². The fourth-order valence-electron chi connectivity index (χ4n) is 13.3. The van der Waals surface area contributed by atoms with Gasteiger partial charge in [0, 0.05) is 56.3 Å². The third-order valence-electron chi connectivity index (χ3n) is 17.1. The topological polar surface area (TPSA) is 9.72 Å². The van der Waals surface area contributed by atoms with Crippen molar-refractivity contribution in [2.75, 3.05) is 14.7 Å². The standard InChI is InChI=1S/C62H64BN3/c1-39-33-55-57-56(34-39)65(43-26-28-48-46(37-43)45-21-12-13-22-47(45)60(48,8)9)53-36-41(59(5,6)7)25-29-50(53)63(57)51-30-27-44(38-54(51)64(55)42-20-18-19-40(35-42)58(2,3)4)66-52-24-15-14-23-49(52)61(10)31-16-17-32-62(61,66)11/h12-15,18-30,33-38H,16-17,31-32H2,1-11H3. The number of para-hydroxylation sites is 1. The summed E-state index contributed by atoms with van der Waals surface area (Å²) in [6, 6.07) is 55.0. The molecule has 5 aliphatic rings. The zero-order chi connectivity index (χ0) is 45.9. The van der Waals surface area contributed by atoms with Crippen molar-refractivity contribution in [3.8, 4) is 11.1 Å². The van der Waals surface area contributed by atoms with Crippen LogP contribution < -0.4 is 31.1 Å². The van der Waals surface area contributed by atoms with Crippen molar-refractivity contribution in [1.29, 1.82) is 0 Å². The monoisotopic (exact) mass is 862 g/mol. The van der Waals surface area contributed by atoms with Crippen molar-refractivity contribution in [3.63, 3.8) is 0 Å². The van der Waals surface area contributed by atoms with Gasteiger partial charge in [0.25, 0.3) is 6.71 Å². The first-order valence-electron chi connectivity index (χ1n) is 24.7. The first-order valence-corrected chi connectivity index (χ1v) is 24.7. The van der Waals surface area contributed by atoms with Gasteiger partial charge in [0.1, 0.15) is 0 Å². The van der Waals surface area contributed by atoms with Crippen LogP contribution >= 0.6 is 0 Å². The van der Waals surface area contributed by atoms with Crippen molar-refractivity contribution in [3.05, 3.63) is 173 Å². The SMILES string of the molecule is Cc1cc2c3c(c1)N(c1ccc4c(c1)-c1ccccc1C4(C)C)c1cc(C(C)(C)C)ccc1B3c1ccc(N3c4ccccc4C4(C)CCCCC34C)cc1N2c1cccc(C(C)(C)C)c1. The Hall–Kier alpha value is -6.00. The van der Waals surface area contributed by atoms with Crippen LogP contribution in [0.5, 0.6) is 0 Å². The quantitative estimate of drug-likeness (QED) is 0.164. The Labute approximate surface area is 394 Å². The Bertz CT molecular complexity index is 3180. The van der Waals surface area contributed by atoms with Gasteiger partial charge >= 0.3 is 0 Å². The Morgan fingerprint density at radius 1 is 0.470 bits per heavy atom. The summed E-state index contributed by atoms with van der Waals surface area (Å²) in [6.45, 7) is 26.3. The summed E-state index contributed by atoms with van der Waals surface area (Å²) in [6.07, 6.45) is 4.92.